The molecule has 1 aromatic heterocycles. The number of hydrogen-bond acceptors (Lipinski definition) is 5. The maximum Gasteiger partial charge on any atom is 0.410 e. The van der Waals surface area contributed by atoms with Crippen LogP contribution in [0.5, 0.6) is 0 Å². The zero-order valence-electron chi connectivity index (χ0n) is 15.7. The zero-order valence-corrected chi connectivity index (χ0v) is 15.7. The minimum atomic E-state index is -0.436. The maximum absolute atomic E-state index is 12.1. The van der Waals surface area contributed by atoms with Crippen LogP contribution >= 0.6 is 0 Å². The van der Waals surface area contributed by atoms with Crippen LogP contribution in [0.4, 0.5) is 10.5 Å². The van der Waals surface area contributed by atoms with Gasteiger partial charge in [-0.3, -0.25) is 9.88 Å². The third-order valence-electron chi connectivity index (χ3n) is 4.68. The highest BCUT2D eigenvalue weighted by molar-refractivity contribution is 5.68. The Bertz CT molecular complexity index is 585. The van der Waals surface area contributed by atoms with Crippen molar-refractivity contribution < 1.29 is 9.53 Å². The van der Waals surface area contributed by atoms with Crippen molar-refractivity contribution in [1.29, 1.82) is 0 Å². The number of anilines is 1. The number of carbonyl (C=O) groups excluding carboxylic acids is 1. The van der Waals surface area contributed by atoms with Crippen molar-refractivity contribution in [3.8, 4) is 0 Å². The lowest BCUT2D eigenvalue weighted by Gasteiger charge is -2.35. The number of pyridine rings is 1. The van der Waals surface area contributed by atoms with Gasteiger partial charge in [0.25, 0.3) is 0 Å². The lowest BCUT2D eigenvalue weighted by atomic mass is 10.2. The Morgan fingerprint density at radius 1 is 1.12 bits per heavy atom. The summed E-state index contributed by atoms with van der Waals surface area (Å²) in [5, 5.41) is 0. The van der Waals surface area contributed by atoms with Crippen LogP contribution in [0.15, 0.2) is 18.3 Å². The first-order valence-corrected chi connectivity index (χ1v) is 9.31. The number of carbonyl (C=O) groups is 1. The predicted octanol–water partition coefficient (Wildman–Crippen LogP) is 2.73. The van der Waals surface area contributed by atoms with Crippen LogP contribution in [0.3, 0.4) is 0 Å². The van der Waals surface area contributed by atoms with Crippen LogP contribution in [-0.4, -0.2) is 65.7 Å². The number of aromatic nitrogens is 1. The molecule has 2 aliphatic heterocycles. The number of hydrogen-bond donors (Lipinski definition) is 0. The SMILES string of the molecule is CC(C)(C)OC(=O)N1CCN(Cc2cc(N3CCCC3)ccn2)CC1. The van der Waals surface area contributed by atoms with Gasteiger partial charge >= 0.3 is 6.09 Å². The summed E-state index contributed by atoms with van der Waals surface area (Å²) in [6, 6.07) is 4.32. The molecule has 3 rings (SSSR count). The van der Waals surface area contributed by atoms with E-state index in [4.69, 9.17) is 4.74 Å². The van der Waals surface area contributed by atoms with Crippen LogP contribution in [-0.2, 0) is 11.3 Å². The van der Waals surface area contributed by atoms with Gasteiger partial charge in [-0.15, -0.1) is 0 Å². The van der Waals surface area contributed by atoms with E-state index in [9.17, 15) is 4.79 Å². The molecule has 1 amide bonds. The molecule has 6 heteroatoms. The van der Waals surface area contributed by atoms with Crippen LogP contribution < -0.4 is 4.90 Å². The topological polar surface area (TPSA) is 48.9 Å². The smallest absolute Gasteiger partial charge is 0.410 e. The van der Waals surface area contributed by atoms with Crippen molar-refractivity contribution in [2.45, 2.75) is 45.8 Å². The standard InChI is InChI=1S/C19H30N4O2/c1-19(2,3)25-18(24)23-12-10-21(11-13-23)15-16-14-17(6-7-20-16)22-8-4-5-9-22/h6-7,14H,4-5,8-13,15H2,1-3H3. The molecule has 0 aliphatic carbocycles. The van der Waals surface area contributed by atoms with Crippen LogP contribution in [0.1, 0.15) is 39.3 Å². The molecule has 2 fully saturated rings. The van der Waals surface area contributed by atoms with E-state index in [-0.39, 0.29) is 6.09 Å². The lowest BCUT2D eigenvalue weighted by molar-refractivity contribution is 0.0138. The molecule has 0 spiro atoms. The fourth-order valence-electron chi connectivity index (χ4n) is 3.37. The van der Waals surface area contributed by atoms with Gasteiger partial charge in [-0.1, -0.05) is 0 Å². The van der Waals surface area contributed by atoms with Gasteiger partial charge in [0, 0.05) is 57.7 Å². The number of amides is 1. The summed E-state index contributed by atoms with van der Waals surface area (Å²) < 4.78 is 5.45. The van der Waals surface area contributed by atoms with E-state index in [2.05, 4.69) is 26.9 Å². The molecule has 0 saturated carbocycles. The number of nitrogens with zero attached hydrogens (tertiary/aromatic N) is 4. The highest BCUT2D eigenvalue weighted by Crippen LogP contribution is 2.21. The molecule has 25 heavy (non-hydrogen) atoms. The fourth-order valence-corrected chi connectivity index (χ4v) is 3.37. The monoisotopic (exact) mass is 346 g/mol. The van der Waals surface area contributed by atoms with Crippen molar-refractivity contribution >= 4 is 11.8 Å². The zero-order chi connectivity index (χ0) is 17.9. The highest BCUT2D eigenvalue weighted by Gasteiger charge is 2.26. The number of rotatable bonds is 3. The van der Waals surface area contributed by atoms with Gasteiger partial charge in [0.05, 0.1) is 5.69 Å². The van der Waals surface area contributed by atoms with Crippen LogP contribution in [0.2, 0.25) is 0 Å². The second-order valence-corrected chi connectivity index (χ2v) is 7.94. The second kappa shape index (κ2) is 7.60. The molecule has 3 heterocycles. The first kappa shape index (κ1) is 18.0. The molecule has 0 atom stereocenters. The number of ether oxygens (including phenoxy) is 1. The predicted molar refractivity (Wildman–Crippen MR) is 98.8 cm³/mol. The maximum atomic E-state index is 12.1. The summed E-state index contributed by atoms with van der Waals surface area (Å²) in [5.74, 6) is 0. The first-order valence-electron chi connectivity index (χ1n) is 9.31. The van der Waals surface area contributed by atoms with E-state index in [0.29, 0.717) is 13.1 Å². The Morgan fingerprint density at radius 3 is 2.44 bits per heavy atom. The minimum absolute atomic E-state index is 0.207. The summed E-state index contributed by atoms with van der Waals surface area (Å²) in [6.45, 7) is 12.0. The van der Waals surface area contributed by atoms with E-state index >= 15 is 0 Å². The van der Waals surface area contributed by atoms with Gasteiger partial charge in [-0.25, -0.2) is 4.79 Å². The first-order chi connectivity index (χ1) is 11.9. The van der Waals surface area contributed by atoms with Gasteiger partial charge in [0.1, 0.15) is 5.60 Å². The Morgan fingerprint density at radius 2 is 1.80 bits per heavy atom. The molecule has 6 nitrogen and oxygen atoms in total. The van der Waals surface area contributed by atoms with Crippen molar-refractivity contribution in [1.82, 2.24) is 14.8 Å². The molecule has 0 bridgehead atoms. The molecule has 2 aliphatic rings. The van der Waals surface area contributed by atoms with E-state index in [0.717, 1.165) is 38.4 Å². The Hall–Kier alpha value is -1.82. The lowest BCUT2D eigenvalue weighted by Crippen LogP contribution is -2.49. The quantitative estimate of drug-likeness (QED) is 0.842. The average Bonchev–Trinajstić information content (AvgIpc) is 3.09. The molecular formula is C19H30N4O2. The van der Waals surface area contributed by atoms with Crippen LogP contribution in [0.25, 0.3) is 0 Å². The number of piperazine rings is 1. The molecular weight excluding hydrogens is 316 g/mol. The summed E-state index contributed by atoms with van der Waals surface area (Å²) >= 11 is 0. The Balaban J connectivity index is 1.50. The molecule has 0 N–H and O–H groups in total. The van der Waals surface area contributed by atoms with E-state index in [1.165, 1.54) is 18.5 Å². The van der Waals surface area contributed by atoms with E-state index in [1.54, 1.807) is 4.90 Å². The normalized spacial score (nSPS) is 19.3. The van der Waals surface area contributed by atoms with Crippen LogP contribution in [0, 0.1) is 0 Å². The van der Waals surface area contributed by atoms with Gasteiger partial charge < -0.3 is 14.5 Å². The van der Waals surface area contributed by atoms with Gasteiger partial charge in [-0.2, -0.15) is 0 Å². The average molecular weight is 346 g/mol. The summed E-state index contributed by atoms with van der Waals surface area (Å²) in [6.07, 6.45) is 4.27. The van der Waals surface area contributed by atoms with Crippen molar-refractivity contribution in [2.75, 3.05) is 44.2 Å². The third kappa shape index (κ3) is 5.08. The molecule has 0 aromatic carbocycles. The molecule has 2 saturated heterocycles. The summed E-state index contributed by atoms with van der Waals surface area (Å²) in [5.41, 5.74) is 1.96. The molecule has 138 valence electrons. The van der Waals surface area contributed by atoms with E-state index in [1.807, 2.05) is 27.0 Å². The fraction of sp³-hybridized carbons (Fsp3) is 0.684. The second-order valence-electron chi connectivity index (χ2n) is 7.94. The Kier molecular flexibility index (Phi) is 5.47. The summed E-state index contributed by atoms with van der Waals surface area (Å²) in [4.78, 5) is 23.3. The van der Waals surface area contributed by atoms with Gasteiger partial charge in [0.2, 0.25) is 0 Å². The van der Waals surface area contributed by atoms with E-state index < -0.39 is 5.60 Å². The molecule has 0 unspecified atom stereocenters. The summed E-state index contributed by atoms with van der Waals surface area (Å²) in [7, 11) is 0. The van der Waals surface area contributed by atoms with Crippen molar-refractivity contribution in [3.05, 3.63) is 24.0 Å². The third-order valence-corrected chi connectivity index (χ3v) is 4.68. The Labute approximate surface area is 150 Å². The van der Waals surface area contributed by atoms with Gasteiger partial charge in [-0.05, 0) is 45.7 Å². The molecule has 1 aromatic rings. The largest absolute Gasteiger partial charge is 0.444 e. The minimum Gasteiger partial charge on any atom is -0.444 e. The highest BCUT2D eigenvalue weighted by atomic mass is 16.6. The molecule has 0 radical (unpaired) electrons. The van der Waals surface area contributed by atoms with Gasteiger partial charge in [0.15, 0.2) is 0 Å². The van der Waals surface area contributed by atoms with Crippen molar-refractivity contribution in [2.24, 2.45) is 0 Å². The van der Waals surface area contributed by atoms with Crippen molar-refractivity contribution in [3.63, 3.8) is 0 Å².